The number of nitrogens with zero attached hydrogens (tertiary/aromatic N) is 1. The predicted molar refractivity (Wildman–Crippen MR) is 96.2 cm³/mol. The van der Waals surface area contributed by atoms with Crippen molar-refractivity contribution in [2.45, 2.75) is 25.8 Å². The molecule has 3 rings (SSSR count). The van der Waals surface area contributed by atoms with Gasteiger partial charge in [0.15, 0.2) is 0 Å². The summed E-state index contributed by atoms with van der Waals surface area (Å²) in [5.41, 5.74) is 1.38. The summed E-state index contributed by atoms with van der Waals surface area (Å²) in [5, 5.41) is 7.21. The topological polar surface area (TPSA) is 44.4 Å². The molecule has 1 spiro atoms. The molecule has 0 bridgehead atoms. The van der Waals surface area contributed by atoms with Crippen LogP contribution in [0.2, 0.25) is 5.02 Å². The quantitative estimate of drug-likeness (QED) is 0.870. The molecule has 1 aromatic carbocycles. The second-order valence-electron chi connectivity index (χ2n) is 6.70. The summed E-state index contributed by atoms with van der Waals surface area (Å²) < 4.78 is 0. The highest BCUT2D eigenvalue weighted by molar-refractivity contribution is 6.31. The summed E-state index contributed by atoms with van der Waals surface area (Å²) in [6.07, 6.45) is 2.44. The Balaban J connectivity index is 0.00000192. The first-order valence-electron chi connectivity index (χ1n) is 8.05. The third kappa shape index (κ3) is 4.38. The zero-order chi connectivity index (χ0) is 15.6. The van der Waals surface area contributed by atoms with E-state index in [2.05, 4.69) is 15.5 Å². The molecule has 6 heteroatoms. The molecule has 0 aromatic heterocycles. The second kappa shape index (κ2) is 7.84. The average Bonchev–Trinajstić information content (AvgIpc) is 3.10. The van der Waals surface area contributed by atoms with Crippen LogP contribution >= 0.6 is 24.0 Å². The Hall–Kier alpha value is -0.810. The van der Waals surface area contributed by atoms with Gasteiger partial charge in [0.25, 0.3) is 0 Å². The molecule has 0 saturated carbocycles. The molecule has 4 nitrogen and oxygen atoms in total. The lowest BCUT2D eigenvalue weighted by Crippen LogP contribution is -2.38. The molecule has 128 valence electrons. The van der Waals surface area contributed by atoms with E-state index in [9.17, 15) is 4.79 Å². The maximum Gasteiger partial charge on any atom is 0.234 e. The minimum atomic E-state index is -0.0640. The lowest BCUT2D eigenvalue weighted by atomic mass is 9.87. The van der Waals surface area contributed by atoms with Gasteiger partial charge >= 0.3 is 0 Å². The second-order valence-corrected chi connectivity index (χ2v) is 7.11. The standard InChI is InChI=1S/C17H24ClN3O.ClH/c1-13(14-4-2-3-5-15(14)18)20-16(22)10-21-9-7-17(12-21)6-8-19-11-17;/h2-5,13,19H,6-12H2,1H3,(H,20,22);1H. The highest BCUT2D eigenvalue weighted by atomic mass is 35.5. The molecule has 0 radical (unpaired) electrons. The van der Waals surface area contributed by atoms with Crippen LogP contribution in [0.4, 0.5) is 0 Å². The normalized spacial score (nSPS) is 25.3. The van der Waals surface area contributed by atoms with E-state index in [4.69, 9.17) is 11.6 Å². The smallest absolute Gasteiger partial charge is 0.234 e. The number of likely N-dealkylation sites (tertiary alicyclic amines) is 1. The highest BCUT2D eigenvalue weighted by Gasteiger charge is 2.40. The van der Waals surface area contributed by atoms with Crippen molar-refractivity contribution in [3.8, 4) is 0 Å². The number of carbonyl (C=O) groups is 1. The summed E-state index contributed by atoms with van der Waals surface area (Å²) in [7, 11) is 0. The van der Waals surface area contributed by atoms with Crippen LogP contribution < -0.4 is 10.6 Å². The number of hydrogen-bond donors (Lipinski definition) is 2. The molecule has 2 unspecified atom stereocenters. The molecular formula is C17H25Cl2N3O. The molecule has 23 heavy (non-hydrogen) atoms. The van der Waals surface area contributed by atoms with Crippen LogP contribution in [0.5, 0.6) is 0 Å². The number of nitrogens with one attached hydrogen (secondary N) is 2. The van der Waals surface area contributed by atoms with Gasteiger partial charge in [-0.2, -0.15) is 0 Å². The minimum absolute atomic E-state index is 0. The lowest BCUT2D eigenvalue weighted by Gasteiger charge is -2.23. The Bertz CT molecular complexity index is 546. The van der Waals surface area contributed by atoms with E-state index in [1.165, 1.54) is 12.8 Å². The first kappa shape index (κ1) is 18.5. The molecular weight excluding hydrogens is 333 g/mol. The van der Waals surface area contributed by atoms with Gasteiger partial charge in [0.1, 0.15) is 0 Å². The van der Waals surface area contributed by atoms with Crippen LogP contribution in [0.15, 0.2) is 24.3 Å². The van der Waals surface area contributed by atoms with Gasteiger partial charge in [-0.15, -0.1) is 12.4 Å². The van der Waals surface area contributed by atoms with Crippen molar-refractivity contribution in [2.24, 2.45) is 5.41 Å². The number of hydrogen-bond acceptors (Lipinski definition) is 3. The van der Waals surface area contributed by atoms with Crippen LogP contribution in [-0.4, -0.2) is 43.5 Å². The number of carbonyl (C=O) groups excluding carboxylic acids is 1. The highest BCUT2D eigenvalue weighted by Crippen LogP contribution is 2.35. The van der Waals surface area contributed by atoms with Crippen molar-refractivity contribution in [1.82, 2.24) is 15.5 Å². The number of amides is 1. The van der Waals surface area contributed by atoms with Crippen molar-refractivity contribution < 1.29 is 4.79 Å². The van der Waals surface area contributed by atoms with Gasteiger partial charge < -0.3 is 10.6 Å². The Kier molecular flexibility index (Phi) is 6.32. The third-order valence-electron chi connectivity index (χ3n) is 4.97. The first-order valence-corrected chi connectivity index (χ1v) is 8.43. The van der Waals surface area contributed by atoms with Gasteiger partial charge in [0.05, 0.1) is 12.6 Å². The molecule has 2 aliphatic rings. The maximum atomic E-state index is 12.3. The molecule has 1 aromatic rings. The van der Waals surface area contributed by atoms with Gasteiger partial charge in [0.2, 0.25) is 5.91 Å². The first-order chi connectivity index (χ1) is 10.6. The molecule has 2 heterocycles. The van der Waals surface area contributed by atoms with Crippen molar-refractivity contribution in [1.29, 1.82) is 0 Å². The summed E-state index contributed by atoms with van der Waals surface area (Å²) in [5.74, 6) is 0.0791. The summed E-state index contributed by atoms with van der Waals surface area (Å²) in [6, 6.07) is 7.60. The van der Waals surface area contributed by atoms with E-state index >= 15 is 0 Å². The maximum absolute atomic E-state index is 12.3. The van der Waals surface area contributed by atoms with Crippen molar-refractivity contribution in [3.05, 3.63) is 34.9 Å². The van der Waals surface area contributed by atoms with Crippen molar-refractivity contribution >= 4 is 29.9 Å². The zero-order valence-electron chi connectivity index (χ0n) is 13.5. The van der Waals surface area contributed by atoms with Crippen LogP contribution in [0, 0.1) is 5.41 Å². The van der Waals surface area contributed by atoms with Crippen LogP contribution in [0.3, 0.4) is 0 Å². The summed E-state index contributed by atoms with van der Waals surface area (Å²) in [4.78, 5) is 14.6. The number of halogens is 2. The van der Waals surface area contributed by atoms with Gasteiger partial charge in [-0.3, -0.25) is 9.69 Å². The minimum Gasteiger partial charge on any atom is -0.348 e. The molecule has 2 saturated heterocycles. The van der Waals surface area contributed by atoms with E-state index < -0.39 is 0 Å². The fourth-order valence-electron chi connectivity index (χ4n) is 3.70. The van der Waals surface area contributed by atoms with Gasteiger partial charge in [0, 0.05) is 18.1 Å². The lowest BCUT2D eigenvalue weighted by molar-refractivity contribution is -0.122. The van der Waals surface area contributed by atoms with Crippen LogP contribution in [-0.2, 0) is 4.79 Å². The predicted octanol–water partition coefficient (Wildman–Crippen LogP) is 2.62. The molecule has 0 aliphatic carbocycles. The van der Waals surface area contributed by atoms with Gasteiger partial charge in [-0.25, -0.2) is 0 Å². The van der Waals surface area contributed by atoms with Crippen LogP contribution in [0.1, 0.15) is 31.4 Å². The Morgan fingerprint density at radius 1 is 1.43 bits per heavy atom. The molecule has 2 atom stereocenters. The average molecular weight is 358 g/mol. The largest absolute Gasteiger partial charge is 0.348 e. The van der Waals surface area contributed by atoms with Crippen molar-refractivity contribution in [3.63, 3.8) is 0 Å². The number of rotatable bonds is 4. The van der Waals surface area contributed by atoms with Crippen LogP contribution in [0.25, 0.3) is 0 Å². The Morgan fingerprint density at radius 3 is 2.91 bits per heavy atom. The van der Waals surface area contributed by atoms with E-state index in [0.717, 1.165) is 31.7 Å². The SMILES string of the molecule is CC(NC(=O)CN1CCC2(CCNC2)C1)c1ccccc1Cl.Cl. The van der Waals surface area contributed by atoms with Gasteiger partial charge in [-0.1, -0.05) is 29.8 Å². The van der Waals surface area contributed by atoms with Gasteiger partial charge in [-0.05, 0) is 49.9 Å². The Labute approximate surface area is 149 Å². The fraction of sp³-hybridized carbons (Fsp3) is 0.588. The van der Waals surface area contributed by atoms with E-state index in [1.54, 1.807) is 0 Å². The molecule has 2 aliphatic heterocycles. The van der Waals surface area contributed by atoms with E-state index in [1.807, 2.05) is 31.2 Å². The zero-order valence-corrected chi connectivity index (χ0v) is 15.1. The summed E-state index contributed by atoms with van der Waals surface area (Å²) >= 11 is 6.19. The molecule has 1 amide bonds. The summed E-state index contributed by atoms with van der Waals surface area (Å²) in [6.45, 7) is 6.73. The van der Waals surface area contributed by atoms with Crippen molar-refractivity contribution in [2.75, 3.05) is 32.7 Å². The van der Waals surface area contributed by atoms with E-state index in [0.29, 0.717) is 17.0 Å². The third-order valence-corrected chi connectivity index (χ3v) is 5.31. The molecule has 2 N–H and O–H groups in total. The molecule has 2 fully saturated rings. The number of benzene rings is 1. The Morgan fingerprint density at radius 2 is 2.22 bits per heavy atom. The van der Waals surface area contributed by atoms with E-state index in [-0.39, 0.29) is 24.4 Å². The monoisotopic (exact) mass is 357 g/mol. The fourth-order valence-corrected chi connectivity index (χ4v) is 4.00.